The standard InChI is InChI=1S/C30H32N10O2/c1-20-37-30(42-38-20)24-17-39(18-24)9-10-41-25-7-8-40-27(16-34-29(40)11-25)26-12-28(36-19-35-26)33-14-21-3-5-22(6-4-21)23(13-31)15-32-2/h3-8,11-13,15-16,19,24,31-32H,9-10,14,17-18H2,1-2H3,(H,33,35,36)/b23-15+,31-13?. The molecule has 1 fully saturated rings. The zero-order chi connectivity index (χ0) is 28.9. The quantitative estimate of drug-likeness (QED) is 0.192. The fourth-order valence-electron chi connectivity index (χ4n) is 4.89. The number of fused-ring (bicyclic) bond motifs is 1. The summed E-state index contributed by atoms with van der Waals surface area (Å²) in [4.78, 5) is 20.1. The number of aryl methyl sites for hydroxylation is 1. The van der Waals surface area contributed by atoms with Crippen molar-refractivity contribution in [3.8, 4) is 17.1 Å². The molecule has 0 unspecified atom stereocenters. The van der Waals surface area contributed by atoms with Crippen LogP contribution in [0.2, 0.25) is 0 Å². The lowest BCUT2D eigenvalue weighted by Crippen LogP contribution is -2.46. The Balaban J connectivity index is 1.04. The molecule has 0 aliphatic carbocycles. The van der Waals surface area contributed by atoms with Crippen molar-refractivity contribution in [3.63, 3.8) is 0 Å². The first-order valence-corrected chi connectivity index (χ1v) is 13.8. The minimum absolute atomic E-state index is 0.308. The molecule has 1 saturated heterocycles. The van der Waals surface area contributed by atoms with E-state index in [2.05, 4.69) is 40.6 Å². The number of imidazole rings is 1. The molecular formula is C30H32N10O2. The number of nitrogens with zero attached hydrogens (tertiary/aromatic N) is 7. The Hall–Kier alpha value is -5.10. The molecule has 12 nitrogen and oxygen atoms in total. The second-order valence-electron chi connectivity index (χ2n) is 10.1. The molecule has 6 rings (SSSR count). The molecule has 0 atom stereocenters. The molecule has 214 valence electrons. The van der Waals surface area contributed by atoms with Crippen LogP contribution in [0.5, 0.6) is 5.75 Å². The predicted octanol–water partition coefficient (Wildman–Crippen LogP) is 3.78. The SMILES string of the molecule is CN/C=C(\C=N)c1ccc(CNc2cc(-c3cnc4cc(OCCN5CC(c6nc(C)no6)C5)ccn34)ncn2)cc1. The summed E-state index contributed by atoms with van der Waals surface area (Å²) in [6.45, 7) is 5.65. The smallest absolute Gasteiger partial charge is 0.232 e. The fourth-order valence-corrected chi connectivity index (χ4v) is 4.89. The minimum atomic E-state index is 0.308. The molecule has 12 heteroatoms. The van der Waals surface area contributed by atoms with Gasteiger partial charge >= 0.3 is 0 Å². The van der Waals surface area contributed by atoms with E-state index in [0.29, 0.717) is 24.9 Å². The van der Waals surface area contributed by atoms with Gasteiger partial charge in [0.15, 0.2) is 5.82 Å². The molecule has 5 heterocycles. The first kappa shape index (κ1) is 27.1. The Bertz CT molecular complexity index is 1700. The van der Waals surface area contributed by atoms with Gasteiger partial charge in [0.2, 0.25) is 5.89 Å². The largest absolute Gasteiger partial charge is 0.492 e. The summed E-state index contributed by atoms with van der Waals surface area (Å²) in [5, 5.41) is 17.8. The average Bonchev–Trinajstić information content (AvgIpc) is 3.62. The van der Waals surface area contributed by atoms with E-state index in [1.54, 1.807) is 12.5 Å². The lowest BCUT2D eigenvalue weighted by atomic mass is 10.0. The van der Waals surface area contributed by atoms with Gasteiger partial charge in [-0.05, 0) is 24.1 Å². The van der Waals surface area contributed by atoms with Gasteiger partial charge in [0.05, 0.1) is 23.5 Å². The van der Waals surface area contributed by atoms with Gasteiger partial charge in [-0.2, -0.15) is 4.98 Å². The maximum atomic E-state index is 7.59. The normalized spacial score (nSPS) is 14.1. The van der Waals surface area contributed by atoms with Crippen LogP contribution >= 0.6 is 0 Å². The number of anilines is 1. The molecule has 0 bridgehead atoms. The van der Waals surface area contributed by atoms with Crippen molar-refractivity contribution < 1.29 is 9.26 Å². The van der Waals surface area contributed by atoms with Gasteiger partial charge in [-0.25, -0.2) is 15.0 Å². The van der Waals surface area contributed by atoms with Crippen molar-refractivity contribution in [1.82, 2.24) is 39.7 Å². The van der Waals surface area contributed by atoms with Crippen molar-refractivity contribution in [2.45, 2.75) is 19.4 Å². The molecule has 0 amide bonds. The summed E-state index contributed by atoms with van der Waals surface area (Å²) in [6, 6.07) is 13.9. The van der Waals surface area contributed by atoms with Crippen LogP contribution in [-0.2, 0) is 6.54 Å². The van der Waals surface area contributed by atoms with Crippen LogP contribution in [0.1, 0.15) is 28.8 Å². The van der Waals surface area contributed by atoms with Crippen LogP contribution in [0.3, 0.4) is 0 Å². The van der Waals surface area contributed by atoms with Gasteiger partial charge < -0.3 is 25.3 Å². The summed E-state index contributed by atoms with van der Waals surface area (Å²) in [7, 11) is 1.82. The number of hydrogen-bond acceptors (Lipinski definition) is 11. The molecule has 3 N–H and O–H groups in total. The van der Waals surface area contributed by atoms with Crippen LogP contribution in [0, 0.1) is 12.3 Å². The van der Waals surface area contributed by atoms with Gasteiger partial charge in [0, 0.05) is 69.5 Å². The Morgan fingerprint density at radius 3 is 2.76 bits per heavy atom. The van der Waals surface area contributed by atoms with E-state index in [4.69, 9.17) is 14.7 Å². The lowest BCUT2D eigenvalue weighted by molar-refractivity contribution is 0.104. The predicted molar refractivity (Wildman–Crippen MR) is 160 cm³/mol. The first-order valence-electron chi connectivity index (χ1n) is 13.8. The van der Waals surface area contributed by atoms with Crippen LogP contribution in [0.4, 0.5) is 5.82 Å². The van der Waals surface area contributed by atoms with Crippen LogP contribution in [-0.4, -0.2) is 73.9 Å². The number of nitrogens with one attached hydrogen (secondary N) is 3. The molecular weight excluding hydrogens is 532 g/mol. The fraction of sp³-hybridized carbons (Fsp3) is 0.267. The highest BCUT2D eigenvalue weighted by atomic mass is 16.5. The molecule has 0 radical (unpaired) electrons. The van der Waals surface area contributed by atoms with Gasteiger partial charge in [-0.15, -0.1) is 0 Å². The lowest BCUT2D eigenvalue weighted by Gasteiger charge is -2.36. The van der Waals surface area contributed by atoms with Crippen molar-refractivity contribution in [3.05, 3.63) is 90.2 Å². The second-order valence-corrected chi connectivity index (χ2v) is 10.1. The minimum Gasteiger partial charge on any atom is -0.492 e. The number of likely N-dealkylation sites (tertiary alicyclic amines) is 1. The third-order valence-corrected chi connectivity index (χ3v) is 7.16. The number of rotatable bonds is 12. The molecule has 0 saturated carbocycles. The highest BCUT2D eigenvalue weighted by molar-refractivity contribution is 6.08. The van der Waals surface area contributed by atoms with Crippen molar-refractivity contribution in [2.75, 3.05) is 38.6 Å². The molecule has 0 spiro atoms. The highest BCUT2D eigenvalue weighted by Gasteiger charge is 2.32. The molecule has 1 aliphatic heterocycles. The van der Waals surface area contributed by atoms with Gasteiger partial charge in [-0.1, -0.05) is 29.4 Å². The second kappa shape index (κ2) is 12.2. The third kappa shape index (κ3) is 5.98. The van der Waals surface area contributed by atoms with Crippen molar-refractivity contribution >= 4 is 23.3 Å². The highest BCUT2D eigenvalue weighted by Crippen LogP contribution is 2.26. The number of pyridine rings is 1. The maximum absolute atomic E-state index is 7.59. The van der Waals surface area contributed by atoms with Gasteiger partial charge in [-0.3, -0.25) is 9.30 Å². The topological polar surface area (TPSA) is 142 Å². The third-order valence-electron chi connectivity index (χ3n) is 7.16. The first-order chi connectivity index (χ1) is 20.6. The Labute approximate surface area is 243 Å². The summed E-state index contributed by atoms with van der Waals surface area (Å²) in [5.41, 5.74) is 5.32. The van der Waals surface area contributed by atoms with Crippen molar-refractivity contribution in [2.24, 2.45) is 0 Å². The van der Waals surface area contributed by atoms with Crippen LogP contribution in [0.25, 0.3) is 22.6 Å². The molecule has 1 aliphatic rings. The number of hydrogen-bond donors (Lipinski definition) is 3. The van der Waals surface area contributed by atoms with E-state index in [1.165, 1.54) is 6.21 Å². The van der Waals surface area contributed by atoms with E-state index < -0.39 is 0 Å². The van der Waals surface area contributed by atoms with E-state index in [0.717, 1.165) is 70.8 Å². The van der Waals surface area contributed by atoms with Gasteiger partial charge in [0.1, 0.15) is 30.1 Å². The number of benzene rings is 1. The van der Waals surface area contributed by atoms with E-state index in [9.17, 15) is 0 Å². The van der Waals surface area contributed by atoms with Crippen LogP contribution in [0.15, 0.2) is 71.9 Å². The maximum Gasteiger partial charge on any atom is 0.232 e. The average molecular weight is 565 g/mol. The monoisotopic (exact) mass is 564 g/mol. The Morgan fingerprint density at radius 1 is 1.14 bits per heavy atom. The number of aromatic nitrogens is 6. The summed E-state index contributed by atoms with van der Waals surface area (Å²) >= 11 is 0. The summed E-state index contributed by atoms with van der Waals surface area (Å²) < 4.78 is 13.3. The van der Waals surface area contributed by atoms with E-state index in [-0.39, 0.29) is 0 Å². The Kier molecular flexibility index (Phi) is 7.86. The molecule has 5 aromatic rings. The summed E-state index contributed by atoms with van der Waals surface area (Å²) in [5.74, 6) is 3.20. The van der Waals surface area contributed by atoms with Gasteiger partial charge in [0.25, 0.3) is 0 Å². The van der Waals surface area contributed by atoms with Crippen LogP contribution < -0.4 is 15.4 Å². The Morgan fingerprint density at radius 2 is 2.00 bits per heavy atom. The molecule has 1 aromatic carbocycles. The number of allylic oxidation sites excluding steroid dienone is 1. The zero-order valence-electron chi connectivity index (χ0n) is 23.5. The number of ether oxygens (including phenoxy) is 1. The van der Waals surface area contributed by atoms with E-state index in [1.807, 2.05) is 73.2 Å². The zero-order valence-corrected chi connectivity index (χ0v) is 23.5. The molecule has 4 aromatic heterocycles. The summed E-state index contributed by atoms with van der Waals surface area (Å²) in [6.07, 6.45) is 8.46. The van der Waals surface area contributed by atoms with E-state index >= 15 is 0 Å². The molecule has 42 heavy (non-hydrogen) atoms. The van der Waals surface area contributed by atoms with Crippen molar-refractivity contribution in [1.29, 1.82) is 5.41 Å².